The molecule has 1 N–H and O–H groups in total. The molecule has 7 heteroatoms. The van der Waals surface area contributed by atoms with Crippen LogP contribution in [0.4, 0.5) is 11.5 Å². The predicted octanol–water partition coefficient (Wildman–Crippen LogP) is 4.07. The quantitative estimate of drug-likeness (QED) is 0.652. The third-order valence-corrected chi connectivity index (χ3v) is 4.53. The van der Waals surface area contributed by atoms with Crippen molar-refractivity contribution >= 4 is 29.0 Å². The predicted molar refractivity (Wildman–Crippen MR) is 111 cm³/mol. The van der Waals surface area contributed by atoms with Crippen LogP contribution in [0.1, 0.15) is 15.9 Å². The summed E-state index contributed by atoms with van der Waals surface area (Å²) in [6, 6.07) is 12.5. The minimum absolute atomic E-state index is 0.258. The third-order valence-electron chi connectivity index (χ3n) is 4.29. The molecule has 3 aromatic rings. The Labute approximate surface area is 169 Å². The summed E-state index contributed by atoms with van der Waals surface area (Å²) in [4.78, 5) is 23.1. The molecule has 0 atom stereocenters. The lowest BCUT2D eigenvalue weighted by Gasteiger charge is -2.19. The summed E-state index contributed by atoms with van der Waals surface area (Å²) in [6.07, 6.45) is 6.05. The van der Waals surface area contributed by atoms with Crippen molar-refractivity contribution in [2.24, 2.45) is 0 Å². The lowest BCUT2D eigenvalue weighted by Crippen LogP contribution is -2.22. The van der Waals surface area contributed by atoms with E-state index in [4.69, 9.17) is 16.3 Å². The second-order valence-electron chi connectivity index (χ2n) is 6.23. The van der Waals surface area contributed by atoms with Crippen molar-refractivity contribution in [3.63, 3.8) is 0 Å². The van der Waals surface area contributed by atoms with E-state index in [0.717, 1.165) is 18.8 Å². The van der Waals surface area contributed by atoms with Gasteiger partial charge in [-0.05, 0) is 54.4 Å². The van der Waals surface area contributed by atoms with Gasteiger partial charge in [-0.25, -0.2) is 4.98 Å². The van der Waals surface area contributed by atoms with Crippen molar-refractivity contribution < 1.29 is 9.53 Å². The van der Waals surface area contributed by atoms with Gasteiger partial charge in [-0.2, -0.15) is 0 Å². The molecular formula is C21H21ClN4O2. The van der Waals surface area contributed by atoms with Gasteiger partial charge in [0.1, 0.15) is 11.6 Å². The average molecular weight is 397 g/mol. The fourth-order valence-electron chi connectivity index (χ4n) is 2.70. The van der Waals surface area contributed by atoms with Crippen LogP contribution in [-0.4, -0.2) is 36.6 Å². The molecule has 0 fully saturated rings. The molecule has 144 valence electrons. The van der Waals surface area contributed by atoms with Gasteiger partial charge in [0.25, 0.3) is 5.91 Å². The van der Waals surface area contributed by atoms with Crippen molar-refractivity contribution in [1.82, 2.24) is 9.97 Å². The minimum atomic E-state index is -0.258. The van der Waals surface area contributed by atoms with E-state index in [9.17, 15) is 4.79 Å². The summed E-state index contributed by atoms with van der Waals surface area (Å²) in [5.74, 6) is 1.01. The number of anilines is 2. The molecule has 0 aliphatic carbocycles. The van der Waals surface area contributed by atoms with E-state index in [2.05, 4.69) is 15.3 Å². The number of likely N-dealkylation sites (N-methyl/N-ethyl adjacent to an activating group) is 1. The largest absolute Gasteiger partial charge is 0.495 e. The smallest absolute Gasteiger partial charge is 0.255 e. The zero-order valence-electron chi connectivity index (χ0n) is 15.7. The second-order valence-corrected chi connectivity index (χ2v) is 6.66. The molecule has 0 saturated carbocycles. The van der Waals surface area contributed by atoms with Crippen LogP contribution in [0.15, 0.2) is 61.1 Å². The van der Waals surface area contributed by atoms with E-state index in [0.29, 0.717) is 22.0 Å². The van der Waals surface area contributed by atoms with Crippen molar-refractivity contribution in [3.8, 4) is 5.75 Å². The number of halogens is 1. The van der Waals surface area contributed by atoms with E-state index in [1.165, 1.54) is 5.56 Å². The summed E-state index contributed by atoms with van der Waals surface area (Å²) < 4.78 is 5.27. The van der Waals surface area contributed by atoms with Gasteiger partial charge in [0, 0.05) is 42.8 Å². The van der Waals surface area contributed by atoms with E-state index in [1.807, 2.05) is 24.1 Å². The Balaban J connectivity index is 1.70. The Morgan fingerprint density at radius 3 is 2.68 bits per heavy atom. The first kappa shape index (κ1) is 19.6. The fraction of sp³-hybridized carbons (Fsp3) is 0.190. The molecule has 0 aliphatic rings. The number of ether oxygens (including phenoxy) is 1. The maximum atomic E-state index is 12.7. The molecule has 0 spiro atoms. The third kappa shape index (κ3) is 4.98. The Morgan fingerprint density at radius 2 is 1.93 bits per heavy atom. The van der Waals surface area contributed by atoms with Gasteiger partial charge in [0.05, 0.1) is 12.8 Å². The molecule has 2 heterocycles. The van der Waals surface area contributed by atoms with Gasteiger partial charge in [-0.15, -0.1) is 0 Å². The lowest BCUT2D eigenvalue weighted by molar-refractivity contribution is 0.102. The molecule has 1 amide bonds. The molecule has 0 aliphatic heterocycles. The number of carbonyl (C=O) groups is 1. The molecule has 2 aromatic heterocycles. The summed E-state index contributed by atoms with van der Waals surface area (Å²) in [5, 5.41) is 3.36. The van der Waals surface area contributed by atoms with Gasteiger partial charge in [-0.1, -0.05) is 11.6 Å². The van der Waals surface area contributed by atoms with Crippen molar-refractivity contribution in [3.05, 3.63) is 77.2 Å². The number of methoxy groups -OCH3 is 1. The summed E-state index contributed by atoms with van der Waals surface area (Å²) in [7, 11) is 3.49. The molecule has 6 nitrogen and oxygen atoms in total. The minimum Gasteiger partial charge on any atom is -0.495 e. The molecule has 3 rings (SSSR count). The summed E-state index contributed by atoms with van der Waals surface area (Å²) >= 11 is 6.03. The monoisotopic (exact) mass is 396 g/mol. The average Bonchev–Trinajstić information content (AvgIpc) is 2.73. The Hall–Kier alpha value is -3.12. The molecular weight excluding hydrogens is 376 g/mol. The van der Waals surface area contributed by atoms with E-state index in [1.54, 1.807) is 56.0 Å². The molecule has 28 heavy (non-hydrogen) atoms. The molecule has 0 bridgehead atoms. The molecule has 1 aromatic carbocycles. The number of nitrogens with one attached hydrogen (secondary N) is 1. The first-order chi connectivity index (χ1) is 13.6. The topological polar surface area (TPSA) is 67.3 Å². The zero-order valence-corrected chi connectivity index (χ0v) is 16.5. The number of carbonyl (C=O) groups excluding carboxylic acids is 1. The van der Waals surface area contributed by atoms with Crippen LogP contribution in [0.3, 0.4) is 0 Å². The van der Waals surface area contributed by atoms with Crippen LogP contribution >= 0.6 is 11.6 Å². The zero-order chi connectivity index (χ0) is 19.9. The van der Waals surface area contributed by atoms with Gasteiger partial charge in [0.2, 0.25) is 0 Å². The Bertz CT molecular complexity index is 950. The summed E-state index contributed by atoms with van der Waals surface area (Å²) in [6.45, 7) is 0.768. The highest BCUT2D eigenvalue weighted by atomic mass is 35.5. The SMILES string of the molecule is COc1ccc(Cl)cc1NC(=O)c1ccnc(N(C)CCc2ccncc2)c1. The Morgan fingerprint density at radius 1 is 1.14 bits per heavy atom. The van der Waals surface area contributed by atoms with Gasteiger partial charge < -0.3 is 15.0 Å². The standard InChI is InChI=1S/C21H21ClN4O2/c1-26(12-8-15-5-9-23-10-6-15)20-13-16(7-11-24-20)21(27)25-18-14-17(22)3-4-19(18)28-2/h3-7,9-11,13-14H,8,12H2,1-2H3,(H,25,27). The number of hydrogen-bond acceptors (Lipinski definition) is 5. The maximum absolute atomic E-state index is 12.7. The van der Waals surface area contributed by atoms with Crippen molar-refractivity contribution in [2.45, 2.75) is 6.42 Å². The number of nitrogens with zero attached hydrogens (tertiary/aromatic N) is 3. The van der Waals surface area contributed by atoms with Crippen LogP contribution in [0.5, 0.6) is 5.75 Å². The van der Waals surface area contributed by atoms with Crippen molar-refractivity contribution in [2.75, 3.05) is 30.9 Å². The number of amides is 1. The number of rotatable bonds is 7. The maximum Gasteiger partial charge on any atom is 0.255 e. The molecule has 0 saturated heterocycles. The van der Waals surface area contributed by atoms with Crippen LogP contribution < -0.4 is 15.0 Å². The normalized spacial score (nSPS) is 10.4. The van der Waals surface area contributed by atoms with E-state index < -0.39 is 0 Å². The summed E-state index contributed by atoms with van der Waals surface area (Å²) in [5.41, 5.74) is 2.22. The van der Waals surface area contributed by atoms with Gasteiger partial charge in [0.15, 0.2) is 0 Å². The van der Waals surface area contributed by atoms with Crippen LogP contribution in [0.2, 0.25) is 5.02 Å². The number of aromatic nitrogens is 2. The van der Waals surface area contributed by atoms with Crippen LogP contribution in [-0.2, 0) is 6.42 Å². The number of hydrogen-bond donors (Lipinski definition) is 1. The fourth-order valence-corrected chi connectivity index (χ4v) is 2.87. The van der Waals surface area contributed by atoms with Gasteiger partial charge >= 0.3 is 0 Å². The lowest BCUT2D eigenvalue weighted by atomic mass is 10.2. The van der Waals surface area contributed by atoms with Crippen molar-refractivity contribution in [1.29, 1.82) is 0 Å². The van der Waals surface area contributed by atoms with Crippen LogP contribution in [0.25, 0.3) is 0 Å². The Kier molecular flexibility index (Phi) is 6.45. The molecule has 0 unspecified atom stereocenters. The number of benzene rings is 1. The second kappa shape index (κ2) is 9.19. The van der Waals surface area contributed by atoms with E-state index in [-0.39, 0.29) is 5.91 Å². The first-order valence-corrected chi connectivity index (χ1v) is 9.15. The van der Waals surface area contributed by atoms with Crippen LogP contribution in [0, 0.1) is 0 Å². The highest BCUT2D eigenvalue weighted by Gasteiger charge is 2.12. The molecule has 0 radical (unpaired) electrons. The van der Waals surface area contributed by atoms with Gasteiger partial charge in [-0.3, -0.25) is 9.78 Å². The highest BCUT2D eigenvalue weighted by Crippen LogP contribution is 2.28. The van der Waals surface area contributed by atoms with E-state index >= 15 is 0 Å². The first-order valence-electron chi connectivity index (χ1n) is 8.78. The number of pyridine rings is 2. The highest BCUT2D eigenvalue weighted by molar-refractivity contribution is 6.31.